The molecular formula is C22H22NiO4. The summed E-state index contributed by atoms with van der Waals surface area (Å²) in [5.41, 5.74) is 3.31. The van der Waals surface area contributed by atoms with Gasteiger partial charge in [0.2, 0.25) is 0 Å². The molecule has 0 amide bonds. The van der Waals surface area contributed by atoms with Crippen molar-refractivity contribution in [3.63, 3.8) is 0 Å². The van der Waals surface area contributed by atoms with Crippen LogP contribution in [0.15, 0.2) is 48.5 Å². The zero-order valence-electron chi connectivity index (χ0n) is 15.7. The standard InChI is InChI=1S/2C11H11O2.Ni/c2*1-8-3-5-10(6-4-8)11(13)7-9(2)12;/h2*3-7H,1-2H3;/q2*-1;+2. The molecule has 0 spiro atoms. The summed E-state index contributed by atoms with van der Waals surface area (Å²) < 4.78 is 0. The number of Topliss-reactive ketones (excluding diaryl/α,β-unsaturated/α-hetero) is 4. The van der Waals surface area contributed by atoms with Crippen LogP contribution in [0.5, 0.6) is 0 Å². The zero-order chi connectivity index (χ0) is 19.7. The Morgan fingerprint density at radius 2 is 0.852 bits per heavy atom. The summed E-state index contributed by atoms with van der Waals surface area (Å²) in [7, 11) is 0. The van der Waals surface area contributed by atoms with E-state index < -0.39 is 0 Å². The predicted molar refractivity (Wildman–Crippen MR) is 101 cm³/mol. The molecule has 2 aromatic carbocycles. The summed E-state index contributed by atoms with van der Waals surface area (Å²) >= 11 is 0. The van der Waals surface area contributed by atoms with Crippen molar-refractivity contribution in [1.29, 1.82) is 0 Å². The third kappa shape index (κ3) is 9.57. The van der Waals surface area contributed by atoms with E-state index in [1.54, 1.807) is 24.3 Å². The molecule has 0 unspecified atom stereocenters. The first-order chi connectivity index (χ1) is 12.2. The normalized spacial score (nSPS) is 9.04. The van der Waals surface area contributed by atoms with Crippen LogP contribution in [0.3, 0.4) is 0 Å². The minimum Gasteiger partial charge on any atom is -0.331 e. The van der Waals surface area contributed by atoms with Gasteiger partial charge in [0.05, 0.1) is 11.6 Å². The van der Waals surface area contributed by atoms with Crippen LogP contribution in [-0.2, 0) is 26.1 Å². The van der Waals surface area contributed by atoms with E-state index in [2.05, 4.69) is 0 Å². The molecule has 0 heterocycles. The zero-order valence-corrected chi connectivity index (χ0v) is 16.7. The Labute approximate surface area is 170 Å². The maximum atomic E-state index is 11.3. The van der Waals surface area contributed by atoms with E-state index in [0.717, 1.165) is 24.0 Å². The van der Waals surface area contributed by atoms with E-state index in [0.29, 0.717) is 11.1 Å². The summed E-state index contributed by atoms with van der Waals surface area (Å²) in [5.74, 6) is -0.892. The molecule has 144 valence electrons. The average Bonchev–Trinajstić information content (AvgIpc) is 2.55. The molecule has 4 nitrogen and oxygen atoms in total. The Kier molecular flexibility index (Phi) is 10.7. The van der Waals surface area contributed by atoms with Gasteiger partial charge in [0.15, 0.2) is 0 Å². The first-order valence-corrected chi connectivity index (χ1v) is 8.11. The van der Waals surface area contributed by atoms with E-state index in [9.17, 15) is 19.2 Å². The second-order valence-corrected chi connectivity index (χ2v) is 5.97. The number of carbonyl (C=O) groups is 4. The molecule has 0 N–H and O–H groups in total. The van der Waals surface area contributed by atoms with Crippen LogP contribution in [0.4, 0.5) is 0 Å². The monoisotopic (exact) mass is 408 g/mol. The molecule has 5 heteroatoms. The number of hydrogen-bond acceptors (Lipinski definition) is 4. The smallest absolute Gasteiger partial charge is 0.331 e. The Balaban J connectivity index is 0.000000483. The van der Waals surface area contributed by atoms with Crippen molar-refractivity contribution in [2.24, 2.45) is 0 Å². The molecule has 0 aliphatic heterocycles. The first-order valence-electron chi connectivity index (χ1n) is 8.11. The summed E-state index contributed by atoms with van der Waals surface area (Å²) in [6.07, 6.45) is 2.20. The van der Waals surface area contributed by atoms with E-state index in [4.69, 9.17) is 0 Å². The third-order valence-corrected chi connectivity index (χ3v) is 3.34. The van der Waals surface area contributed by atoms with Crippen LogP contribution in [0, 0.1) is 26.7 Å². The van der Waals surface area contributed by atoms with Crippen molar-refractivity contribution < 1.29 is 35.7 Å². The van der Waals surface area contributed by atoms with Crippen LogP contribution in [0.1, 0.15) is 45.7 Å². The summed E-state index contributed by atoms with van der Waals surface area (Å²) in [4.78, 5) is 43.8. The maximum Gasteiger partial charge on any atom is 2.00 e. The Bertz CT molecular complexity index is 721. The minimum absolute atomic E-state index is 0. The second-order valence-electron chi connectivity index (χ2n) is 5.97. The molecular weight excluding hydrogens is 387 g/mol. The van der Waals surface area contributed by atoms with Gasteiger partial charge < -0.3 is 19.2 Å². The molecule has 0 saturated carbocycles. The fourth-order valence-corrected chi connectivity index (χ4v) is 1.97. The largest absolute Gasteiger partial charge is 2.00 e. The van der Waals surface area contributed by atoms with Crippen LogP contribution in [-0.4, -0.2) is 23.1 Å². The second kappa shape index (κ2) is 11.9. The van der Waals surface area contributed by atoms with Crippen molar-refractivity contribution in [3.05, 3.63) is 83.6 Å². The van der Waals surface area contributed by atoms with Crippen molar-refractivity contribution in [2.45, 2.75) is 27.7 Å². The number of aryl methyl sites for hydroxylation is 2. The molecule has 0 saturated heterocycles. The fraction of sp³-hybridized carbons (Fsp3) is 0.182. The average molecular weight is 409 g/mol. The molecule has 0 aromatic heterocycles. The number of benzene rings is 2. The molecule has 0 aliphatic rings. The van der Waals surface area contributed by atoms with Crippen molar-refractivity contribution in [1.82, 2.24) is 0 Å². The van der Waals surface area contributed by atoms with Gasteiger partial charge >= 0.3 is 16.5 Å². The molecule has 0 atom stereocenters. The molecule has 27 heavy (non-hydrogen) atoms. The number of ketones is 4. The summed E-state index contributed by atoms with van der Waals surface area (Å²) in [6, 6.07) is 14.3. The Hall–Kier alpha value is -2.65. The fourth-order valence-electron chi connectivity index (χ4n) is 1.97. The third-order valence-electron chi connectivity index (χ3n) is 3.34. The summed E-state index contributed by atoms with van der Waals surface area (Å²) in [5, 5.41) is 0. The van der Waals surface area contributed by atoms with E-state index in [1.807, 2.05) is 38.1 Å². The van der Waals surface area contributed by atoms with Gasteiger partial charge in [-0.1, -0.05) is 35.4 Å². The van der Waals surface area contributed by atoms with Crippen LogP contribution in [0.25, 0.3) is 0 Å². The SMILES string of the molecule is CC(=O)[CH-]C(=O)c1ccc(C)cc1.CC(=O)[CH-]C(=O)c1ccc(C)cc1.[Ni+2]. The van der Waals surface area contributed by atoms with E-state index in [1.165, 1.54) is 13.8 Å². The van der Waals surface area contributed by atoms with E-state index in [-0.39, 0.29) is 39.6 Å². The molecule has 2 aromatic rings. The molecule has 0 aliphatic carbocycles. The minimum atomic E-state index is -0.229. The molecule has 2 rings (SSSR count). The molecule has 0 bridgehead atoms. The van der Waals surface area contributed by atoms with Crippen molar-refractivity contribution in [3.8, 4) is 0 Å². The number of carbonyl (C=O) groups excluding carboxylic acids is 4. The van der Waals surface area contributed by atoms with Gasteiger partial charge in [-0.05, 0) is 27.7 Å². The van der Waals surface area contributed by atoms with Crippen LogP contribution in [0.2, 0.25) is 0 Å². The van der Waals surface area contributed by atoms with Crippen molar-refractivity contribution >= 4 is 23.1 Å². The summed E-state index contributed by atoms with van der Waals surface area (Å²) in [6.45, 7) is 6.63. The molecule has 0 fully saturated rings. The Morgan fingerprint density at radius 1 is 0.593 bits per heavy atom. The van der Waals surface area contributed by atoms with Gasteiger partial charge in [-0.15, -0.1) is 48.2 Å². The van der Waals surface area contributed by atoms with Gasteiger partial charge in [-0.2, -0.15) is 0 Å². The van der Waals surface area contributed by atoms with Crippen LogP contribution < -0.4 is 0 Å². The number of hydrogen-bond donors (Lipinski definition) is 0. The van der Waals surface area contributed by atoms with Crippen LogP contribution >= 0.6 is 0 Å². The van der Waals surface area contributed by atoms with Gasteiger partial charge in [-0.3, -0.25) is 0 Å². The maximum absolute atomic E-state index is 11.3. The topological polar surface area (TPSA) is 68.3 Å². The number of rotatable bonds is 6. The molecule has 0 radical (unpaired) electrons. The predicted octanol–water partition coefficient (Wildman–Crippen LogP) is 3.94. The van der Waals surface area contributed by atoms with Gasteiger partial charge in [0.25, 0.3) is 0 Å². The quantitative estimate of drug-likeness (QED) is 0.314. The van der Waals surface area contributed by atoms with Gasteiger partial charge in [0, 0.05) is 11.6 Å². The van der Waals surface area contributed by atoms with Crippen molar-refractivity contribution in [2.75, 3.05) is 0 Å². The Morgan fingerprint density at radius 3 is 1.07 bits per heavy atom. The van der Waals surface area contributed by atoms with Gasteiger partial charge in [0.1, 0.15) is 0 Å². The first kappa shape index (κ1) is 24.4. The van der Waals surface area contributed by atoms with Gasteiger partial charge in [-0.25, -0.2) is 0 Å². The van der Waals surface area contributed by atoms with E-state index >= 15 is 0 Å².